The molecule has 3 atom stereocenters. The summed E-state index contributed by atoms with van der Waals surface area (Å²) in [6, 6.07) is 15.2. The molecule has 1 aliphatic carbocycles. The molecule has 1 unspecified atom stereocenters. The van der Waals surface area contributed by atoms with Gasteiger partial charge in [0.05, 0.1) is 42.0 Å². The Bertz CT molecular complexity index is 1750. The summed E-state index contributed by atoms with van der Waals surface area (Å²) < 4.78 is 27.0. The molecular weight excluding hydrogens is 546 g/mol. The topological polar surface area (TPSA) is 105 Å². The van der Waals surface area contributed by atoms with Gasteiger partial charge in [0.25, 0.3) is 5.79 Å². The van der Waals surface area contributed by atoms with E-state index in [9.17, 15) is 9.90 Å². The van der Waals surface area contributed by atoms with Gasteiger partial charge in [-0.05, 0) is 73.1 Å². The van der Waals surface area contributed by atoms with E-state index in [4.69, 9.17) is 28.9 Å². The van der Waals surface area contributed by atoms with Crippen LogP contribution in [0.5, 0.6) is 11.5 Å². The van der Waals surface area contributed by atoms with Crippen LogP contribution in [0.25, 0.3) is 16.6 Å². The number of fused-ring (bicyclic) bond motifs is 2. The zero-order chi connectivity index (χ0) is 29.1. The summed E-state index contributed by atoms with van der Waals surface area (Å²) in [6.45, 7) is 3.75. The standard InChI is InChI=1S/C34H33N3O6/c1-34(30-12-9-22(17-35-30)20-5-6-20)42-29-4-2-3-26(32(29)43-34)23-7-10-24(41-19-23)16-31-36-27-11-8-21(33(38)39)15-28(27)37(31)18-25-13-14-40-25/h2-4,7-9,11-12,15,17,20,24-25H,5-6,10,13-14,16,18-19H2,1H3,(H,38,39)/t24?,25-,34+/m0/s1. The Morgan fingerprint density at radius 2 is 1.95 bits per heavy atom. The maximum atomic E-state index is 11.6. The van der Waals surface area contributed by atoms with E-state index >= 15 is 0 Å². The number of para-hydroxylation sites is 1. The minimum atomic E-state index is -0.997. The number of imidazole rings is 1. The molecule has 1 saturated heterocycles. The van der Waals surface area contributed by atoms with Gasteiger partial charge in [-0.1, -0.05) is 24.3 Å². The third-order valence-electron chi connectivity index (χ3n) is 8.99. The van der Waals surface area contributed by atoms with Crippen molar-refractivity contribution < 1.29 is 28.8 Å². The van der Waals surface area contributed by atoms with Crippen molar-refractivity contribution in [3.8, 4) is 11.5 Å². The molecule has 2 aromatic heterocycles. The van der Waals surface area contributed by atoms with Gasteiger partial charge in [-0.2, -0.15) is 0 Å². The van der Waals surface area contributed by atoms with E-state index in [2.05, 4.69) is 16.7 Å². The van der Waals surface area contributed by atoms with Crippen LogP contribution in [0.3, 0.4) is 0 Å². The minimum Gasteiger partial charge on any atom is -0.478 e. The van der Waals surface area contributed by atoms with Crippen molar-refractivity contribution in [3.63, 3.8) is 0 Å². The molecule has 0 spiro atoms. The number of carboxylic acids is 1. The average Bonchev–Trinajstić information content (AvgIpc) is 3.70. The van der Waals surface area contributed by atoms with Gasteiger partial charge in [0.2, 0.25) is 0 Å². The summed E-state index contributed by atoms with van der Waals surface area (Å²) in [7, 11) is 0. The second-order valence-electron chi connectivity index (χ2n) is 12.1. The van der Waals surface area contributed by atoms with E-state index in [1.54, 1.807) is 18.2 Å². The highest BCUT2D eigenvalue weighted by Crippen LogP contribution is 2.48. The molecule has 1 N–H and O–H groups in total. The van der Waals surface area contributed by atoms with Crippen LogP contribution >= 0.6 is 0 Å². The number of rotatable bonds is 8. The van der Waals surface area contributed by atoms with Gasteiger partial charge in [0.15, 0.2) is 11.5 Å². The fourth-order valence-corrected chi connectivity index (χ4v) is 6.26. The highest BCUT2D eigenvalue weighted by molar-refractivity contribution is 5.92. The molecule has 9 heteroatoms. The molecule has 4 aromatic rings. The molecule has 0 bridgehead atoms. The van der Waals surface area contributed by atoms with E-state index in [0.29, 0.717) is 43.4 Å². The van der Waals surface area contributed by atoms with Crippen molar-refractivity contribution >= 4 is 22.6 Å². The van der Waals surface area contributed by atoms with Crippen molar-refractivity contribution in [3.05, 3.63) is 89.0 Å². The van der Waals surface area contributed by atoms with Gasteiger partial charge < -0.3 is 28.6 Å². The van der Waals surface area contributed by atoms with Crippen LogP contribution in [0, 0.1) is 0 Å². The molecule has 43 heavy (non-hydrogen) atoms. The van der Waals surface area contributed by atoms with Crippen molar-refractivity contribution in [2.45, 2.75) is 69.5 Å². The van der Waals surface area contributed by atoms with E-state index in [0.717, 1.165) is 46.7 Å². The Kier molecular flexibility index (Phi) is 6.27. The smallest absolute Gasteiger partial charge is 0.335 e. The predicted octanol–water partition coefficient (Wildman–Crippen LogP) is 5.85. The zero-order valence-electron chi connectivity index (χ0n) is 24.0. The fraction of sp³-hybridized carbons (Fsp3) is 0.382. The first-order chi connectivity index (χ1) is 20.9. The number of carboxylic acid groups (broad SMARTS) is 1. The summed E-state index contributed by atoms with van der Waals surface area (Å²) in [4.78, 5) is 21.2. The highest BCUT2D eigenvalue weighted by atomic mass is 16.7. The number of aromatic nitrogens is 3. The van der Waals surface area contributed by atoms with Crippen LogP contribution in [-0.2, 0) is 28.2 Å². The lowest BCUT2D eigenvalue weighted by atomic mass is 9.99. The van der Waals surface area contributed by atoms with E-state index in [1.165, 1.54) is 18.4 Å². The van der Waals surface area contributed by atoms with E-state index < -0.39 is 11.8 Å². The summed E-state index contributed by atoms with van der Waals surface area (Å²) in [5.74, 6) is 0.985. The van der Waals surface area contributed by atoms with Crippen molar-refractivity contribution in [2.24, 2.45) is 0 Å². The molecule has 8 rings (SSSR count). The quantitative estimate of drug-likeness (QED) is 0.277. The Hall–Kier alpha value is -4.21. The van der Waals surface area contributed by atoms with Gasteiger partial charge in [0, 0.05) is 31.7 Å². The van der Waals surface area contributed by atoms with Gasteiger partial charge in [0.1, 0.15) is 11.5 Å². The number of hydrogen-bond acceptors (Lipinski definition) is 7. The molecule has 5 heterocycles. The molecule has 9 nitrogen and oxygen atoms in total. The normalized spacial score (nSPS) is 24.5. The summed E-state index contributed by atoms with van der Waals surface area (Å²) in [6.07, 6.45) is 9.00. The third-order valence-corrected chi connectivity index (χ3v) is 8.99. The Balaban J connectivity index is 1.01. The first-order valence-electron chi connectivity index (χ1n) is 15.1. The van der Waals surface area contributed by atoms with Crippen molar-refractivity contribution in [2.75, 3.05) is 13.2 Å². The molecule has 1 saturated carbocycles. The first kappa shape index (κ1) is 26.4. The van der Waals surface area contributed by atoms with E-state index in [-0.39, 0.29) is 17.8 Å². The number of hydrogen-bond donors (Lipinski definition) is 1. The second-order valence-corrected chi connectivity index (χ2v) is 12.1. The van der Waals surface area contributed by atoms with Gasteiger partial charge in [-0.15, -0.1) is 0 Å². The first-order valence-corrected chi connectivity index (χ1v) is 15.1. The van der Waals surface area contributed by atoms with Crippen LogP contribution in [-0.4, -0.2) is 51.0 Å². The van der Waals surface area contributed by atoms with Crippen LogP contribution < -0.4 is 9.47 Å². The lowest BCUT2D eigenvalue weighted by Crippen LogP contribution is -2.32. The largest absolute Gasteiger partial charge is 0.478 e. The van der Waals surface area contributed by atoms with Crippen LogP contribution in [0.4, 0.5) is 0 Å². The van der Waals surface area contributed by atoms with Crippen LogP contribution in [0.15, 0.2) is 60.8 Å². The Labute approximate surface area is 249 Å². The molecule has 2 fully saturated rings. The molecular formula is C34H33N3O6. The molecule has 0 amide bonds. The van der Waals surface area contributed by atoms with Gasteiger partial charge >= 0.3 is 5.97 Å². The summed E-state index contributed by atoms with van der Waals surface area (Å²) >= 11 is 0. The molecule has 2 aromatic carbocycles. The molecule has 220 valence electrons. The summed E-state index contributed by atoms with van der Waals surface area (Å²) in [5, 5.41) is 9.54. The Morgan fingerprint density at radius 1 is 1.07 bits per heavy atom. The van der Waals surface area contributed by atoms with Crippen molar-refractivity contribution in [1.82, 2.24) is 14.5 Å². The highest BCUT2D eigenvalue weighted by Gasteiger charge is 2.42. The van der Waals surface area contributed by atoms with Crippen molar-refractivity contribution in [1.29, 1.82) is 0 Å². The number of nitrogens with zero attached hydrogens (tertiary/aromatic N) is 3. The SMILES string of the molecule is C[C@@]1(c2ccc(C3CC3)cn2)Oc2cccc(C3=CCC(Cc4nc5ccc(C(=O)O)cc5n4C[C@@H]4CCO4)OC3)c2O1. The molecule has 4 aliphatic rings. The molecule has 3 aliphatic heterocycles. The maximum absolute atomic E-state index is 11.6. The average molecular weight is 580 g/mol. The lowest BCUT2D eigenvalue weighted by Gasteiger charge is -2.28. The second kappa shape index (κ2) is 10.2. The maximum Gasteiger partial charge on any atom is 0.335 e. The monoisotopic (exact) mass is 579 g/mol. The predicted molar refractivity (Wildman–Crippen MR) is 158 cm³/mol. The Morgan fingerprint density at radius 3 is 2.65 bits per heavy atom. The van der Waals surface area contributed by atoms with Gasteiger partial charge in [-0.25, -0.2) is 9.78 Å². The van der Waals surface area contributed by atoms with E-state index in [1.807, 2.05) is 37.4 Å². The zero-order valence-corrected chi connectivity index (χ0v) is 24.0. The lowest BCUT2D eigenvalue weighted by molar-refractivity contribution is -0.0719. The number of carbonyl (C=O) groups is 1. The number of pyridine rings is 1. The number of ether oxygens (including phenoxy) is 4. The summed E-state index contributed by atoms with van der Waals surface area (Å²) in [5.41, 5.74) is 5.89. The van der Waals surface area contributed by atoms with Crippen LogP contribution in [0.1, 0.15) is 71.5 Å². The molecule has 0 radical (unpaired) electrons. The fourth-order valence-electron chi connectivity index (χ4n) is 6.26. The number of benzene rings is 2. The van der Waals surface area contributed by atoms with Gasteiger partial charge in [-0.3, -0.25) is 4.98 Å². The third kappa shape index (κ3) is 4.86. The van der Waals surface area contributed by atoms with Crippen LogP contribution in [0.2, 0.25) is 0 Å². The number of aromatic carboxylic acids is 1. The minimum absolute atomic E-state index is 0.0612.